The van der Waals surface area contributed by atoms with Crippen LogP contribution in [0.5, 0.6) is 0 Å². The number of carbonyl (C=O) groups excluding carboxylic acids is 1. The fourth-order valence-corrected chi connectivity index (χ4v) is 5.36. The van der Waals surface area contributed by atoms with E-state index in [2.05, 4.69) is 16.8 Å². The van der Waals surface area contributed by atoms with Crippen LogP contribution in [0.15, 0.2) is 91.1 Å². The maximum absolute atomic E-state index is 14.1. The molecule has 0 saturated carbocycles. The number of benzene rings is 3. The first kappa shape index (κ1) is 24.7. The number of rotatable bonds is 4. The highest BCUT2D eigenvalue weighted by molar-refractivity contribution is 5.90. The number of aryl methyl sites for hydroxylation is 3. The summed E-state index contributed by atoms with van der Waals surface area (Å²) in [5, 5.41) is 8.12. The van der Waals surface area contributed by atoms with Gasteiger partial charge in [0.15, 0.2) is 0 Å². The normalized spacial score (nSPS) is 14.5. The molecule has 1 aliphatic heterocycles. The van der Waals surface area contributed by atoms with Crippen LogP contribution in [0, 0.1) is 19.7 Å². The molecule has 0 fully saturated rings. The van der Waals surface area contributed by atoms with Crippen LogP contribution in [0.1, 0.15) is 46.6 Å². The first-order valence-corrected chi connectivity index (χ1v) is 13.2. The van der Waals surface area contributed by atoms with Crippen molar-refractivity contribution >= 4 is 11.7 Å². The second-order valence-electron chi connectivity index (χ2n) is 9.96. The molecule has 0 radical (unpaired) electrons. The Morgan fingerprint density at radius 3 is 2.46 bits per heavy atom. The first-order valence-electron chi connectivity index (χ1n) is 13.2. The molecule has 7 heteroatoms. The van der Waals surface area contributed by atoms with Crippen molar-refractivity contribution in [2.24, 2.45) is 0 Å². The third kappa shape index (κ3) is 4.40. The first-order chi connectivity index (χ1) is 18.9. The van der Waals surface area contributed by atoms with E-state index in [0.717, 1.165) is 50.8 Å². The summed E-state index contributed by atoms with van der Waals surface area (Å²) in [6.07, 6.45) is 2.72. The van der Waals surface area contributed by atoms with Gasteiger partial charge in [0, 0.05) is 17.4 Å². The molecular formula is C32H30FN5O. The molecule has 0 saturated heterocycles. The highest BCUT2D eigenvalue weighted by atomic mass is 19.1. The van der Waals surface area contributed by atoms with E-state index >= 15 is 0 Å². The zero-order valence-corrected chi connectivity index (χ0v) is 22.2. The number of amides is 2. The minimum absolute atomic E-state index is 0.234. The van der Waals surface area contributed by atoms with Crippen molar-refractivity contribution in [3.05, 3.63) is 131 Å². The molecule has 1 atom stereocenters. The van der Waals surface area contributed by atoms with E-state index in [4.69, 9.17) is 5.10 Å². The Labute approximate surface area is 227 Å². The van der Waals surface area contributed by atoms with Crippen molar-refractivity contribution < 1.29 is 9.18 Å². The number of para-hydroxylation sites is 1. The molecular weight excluding hydrogens is 489 g/mol. The van der Waals surface area contributed by atoms with E-state index < -0.39 is 6.04 Å². The van der Waals surface area contributed by atoms with Gasteiger partial charge in [-0.25, -0.2) is 13.9 Å². The van der Waals surface area contributed by atoms with Crippen LogP contribution >= 0.6 is 0 Å². The number of hydrogen-bond acceptors (Lipinski definition) is 2. The average Bonchev–Trinajstić information content (AvgIpc) is 3.53. The predicted molar refractivity (Wildman–Crippen MR) is 151 cm³/mol. The van der Waals surface area contributed by atoms with E-state index in [-0.39, 0.29) is 11.8 Å². The number of aromatic nitrogens is 3. The SMILES string of the molecule is CCc1nn(-c2ccccc2)c2c1CN(C(=O)Nc1ccc(C)c(C)c1)[C@@H](c1ccc(F)cc1)c1cccn1-2. The zero-order valence-electron chi connectivity index (χ0n) is 22.2. The summed E-state index contributed by atoms with van der Waals surface area (Å²) in [5.74, 6) is 0.594. The highest BCUT2D eigenvalue weighted by Gasteiger charge is 2.36. The largest absolute Gasteiger partial charge is 0.322 e. The number of urea groups is 1. The van der Waals surface area contributed by atoms with Gasteiger partial charge in [-0.15, -0.1) is 0 Å². The quantitative estimate of drug-likeness (QED) is 0.275. The fourth-order valence-electron chi connectivity index (χ4n) is 5.36. The average molecular weight is 520 g/mol. The van der Waals surface area contributed by atoms with Gasteiger partial charge >= 0.3 is 6.03 Å². The standard InChI is InChI=1S/C32H30FN5O/c1-4-28-27-20-37(32(39)34-25-17-12-21(2)22(3)19-25)30(23-13-15-24(33)16-14-23)29-11-8-18-36(29)31(27)38(35-28)26-9-6-5-7-10-26/h5-19,30H,4,20H2,1-3H3,(H,34,39)/t30-/m0/s1. The van der Waals surface area contributed by atoms with Gasteiger partial charge in [0.05, 0.1) is 29.7 Å². The Morgan fingerprint density at radius 1 is 0.974 bits per heavy atom. The van der Waals surface area contributed by atoms with Crippen LogP contribution in [0.4, 0.5) is 14.9 Å². The van der Waals surface area contributed by atoms with Crippen LogP contribution in [-0.4, -0.2) is 25.3 Å². The highest BCUT2D eigenvalue weighted by Crippen LogP contribution is 2.39. The number of nitrogens with zero attached hydrogens (tertiary/aromatic N) is 4. The molecule has 6 rings (SSSR count). The molecule has 2 aromatic heterocycles. The Balaban J connectivity index is 1.54. The lowest BCUT2D eigenvalue weighted by atomic mass is 10.0. The molecule has 3 aromatic carbocycles. The lowest BCUT2D eigenvalue weighted by Gasteiger charge is -2.31. The third-order valence-corrected chi connectivity index (χ3v) is 7.51. The summed E-state index contributed by atoms with van der Waals surface area (Å²) in [4.78, 5) is 15.9. The van der Waals surface area contributed by atoms with Gasteiger partial charge in [-0.1, -0.05) is 43.3 Å². The van der Waals surface area contributed by atoms with Crippen LogP contribution in [0.25, 0.3) is 11.5 Å². The van der Waals surface area contributed by atoms with Crippen molar-refractivity contribution in [1.29, 1.82) is 0 Å². The number of fused-ring (bicyclic) bond motifs is 3. The summed E-state index contributed by atoms with van der Waals surface area (Å²) < 4.78 is 18.1. The smallest absolute Gasteiger partial charge is 0.308 e. The van der Waals surface area contributed by atoms with E-state index in [9.17, 15) is 9.18 Å². The molecule has 1 aliphatic rings. The molecule has 2 amide bonds. The van der Waals surface area contributed by atoms with Crippen molar-refractivity contribution in [3.63, 3.8) is 0 Å². The van der Waals surface area contributed by atoms with E-state index in [1.165, 1.54) is 12.1 Å². The molecule has 196 valence electrons. The van der Waals surface area contributed by atoms with E-state index in [0.29, 0.717) is 13.0 Å². The summed E-state index contributed by atoms with van der Waals surface area (Å²) >= 11 is 0. The molecule has 3 heterocycles. The molecule has 5 aromatic rings. The van der Waals surface area contributed by atoms with Crippen molar-refractivity contribution in [1.82, 2.24) is 19.2 Å². The predicted octanol–water partition coefficient (Wildman–Crippen LogP) is 7.12. The second kappa shape index (κ2) is 9.91. The van der Waals surface area contributed by atoms with Crippen LogP contribution in [-0.2, 0) is 13.0 Å². The second-order valence-corrected chi connectivity index (χ2v) is 9.96. The lowest BCUT2D eigenvalue weighted by molar-refractivity contribution is 0.194. The van der Waals surface area contributed by atoms with Crippen molar-refractivity contribution in [2.45, 2.75) is 39.8 Å². The number of hydrogen-bond donors (Lipinski definition) is 1. The van der Waals surface area contributed by atoms with Gasteiger partial charge in [-0.05, 0) is 85.5 Å². The number of carbonyl (C=O) groups is 1. The zero-order chi connectivity index (χ0) is 27.1. The molecule has 0 spiro atoms. The minimum Gasteiger partial charge on any atom is -0.308 e. The van der Waals surface area contributed by atoms with Gasteiger partial charge < -0.3 is 14.8 Å². The molecule has 6 nitrogen and oxygen atoms in total. The van der Waals surface area contributed by atoms with Gasteiger partial charge in [0.25, 0.3) is 0 Å². The maximum Gasteiger partial charge on any atom is 0.322 e. The summed E-state index contributed by atoms with van der Waals surface area (Å²) in [7, 11) is 0. The van der Waals surface area contributed by atoms with Crippen molar-refractivity contribution in [3.8, 4) is 11.5 Å². The summed E-state index contributed by atoms with van der Waals surface area (Å²) in [5.41, 5.74) is 7.58. The van der Waals surface area contributed by atoms with Gasteiger partial charge in [0.2, 0.25) is 0 Å². The van der Waals surface area contributed by atoms with Crippen molar-refractivity contribution in [2.75, 3.05) is 5.32 Å². The number of halogens is 1. The molecule has 0 aliphatic carbocycles. The third-order valence-electron chi connectivity index (χ3n) is 7.51. The Hall–Kier alpha value is -4.65. The van der Waals surface area contributed by atoms with E-state index in [1.807, 2.05) is 90.3 Å². The summed E-state index contributed by atoms with van der Waals surface area (Å²) in [6, 6.07) is 25.7. The minimum atomic E-state index is -0.450. The molecule has 0 bridgehead atoms. The molecule has 0 unspecified atom stereocenters. The molecule has 1 N–H and O–H groups in total. The fraction of sp³-hybridized carbons (Fsp3) is 0.188. The van der Waals surface area contributed by atoms with E-state index in [1.54, 1.807) is 12.1 Å². The van der Waals surface area contributed by atoms with Crippen LogP contribution in [0.2, 0.25) is 0 Å². The van der Waals surface area contributed by atoms with Crippen LogP contribution < -0.4 is 5.32 Å². The molecule has 39 heavy (non-hydrogen) atoms. The Bertz CT molecular complexity index is 1650. The lowest BCUT2D eigenvalue weighted by Crippen LogP contribution is -2.38. The van der Waals surface area contributed by atoms with Crippen LogP contribution in [0.3, 0.4) is 0 Å². The Kier molecular flexibility index (Phi) is 6.27. The van der Waals surface area contributed by atoms with Gasteiger partial charge in [0.1, 0.15) is 11.6 Å². The van der Waals surface area contributed by atoms with Gasteiger partial charge in [-0.2, -0.15) is 5.10 Å². The number of nitrogens with one attached hydrogen (secondary N) is 1. The van der Waals surface area contributed by atoms with Gasteiger partial charge in [-0.3, -0.25) is 0 Å². The topological polar surface area (TPSA) is 55.1 Å². The number of anilines is 1. The monoisotopic (exact) mass is 519 g/mol. The summed E-state index contributed by atoms with van der Waals surface area (Å²) in [6.45, 7) is 6.50. The maximum atomic E-state index is 14.1. The Morgan fingerprint density at radius 2 is 1.74 bits per heavy atom.